The highest BCUT2D eigenvalue weighted by Gasteiger charge is 2.22. The summed E-state index contributed by atoms with van der Waals surface area (Å²) in [5, 5.41) is 12.6. The summed E-state index contributed by atoms with van der Waals surface area (Å²) in [5.74, 6) is -0.879. The number of halogens is 2. The molecule has 3 aromatic rings. The lowest BCUT2D eigenvalue weighted by atomic mass is 9.94. The maximum atomic E-state index is 13.2. The Morgan fingerprint density at radius 1 is 1.12 bits per heavy atom. The molecule has 1 aromatic heterocycles. The first-order valence-electron chi connectivity index (χ1n) is 13.0. The molecule has 0 fully saturated rings. The van der Waals surface area contributed by atoms with Gasteiger partial charge in [0.15, 0.2) is 0 Å². The van der Waals surface area contributed by atoms with Gasteiger partial charge in [-0.05, 0) is 55.8 Å². The first-order valence-corrected chi connectivity index (χ1v) is 13.4. The number of amides is 1. The summed E-state index contributed by atoms with van der Waals surface area (Å²) in [5.41, 5.74) is 10.3. The number of nitrogens with one attached hydrogen (secondary N) is 1. The molecule has 0 bridgehead atoms. The number of ether oxygens (including phenoxy) is 1. The molecule has 2 aromatic carbocycles. The van der Waals surface area contributed by atoms with Crippen LogP contribution in [0.5, 0.6) is 5.75 Å². The summed E-state index contributed by atoms with van der Waals surface area (Å²) in [7, 11) is 4.02. The van der Waals surface area contributed by atoms with Gasteiger partial charge in [-0.2, -0.15) is 0 Å². The van der Waals surface area contributed by atoms with Crippen LogP contribution < -0.4 is 15.8 Å². The number of pyridine rings is 1. The number of carboxylic acid groups (broad SMARTS) is 1. The second-order valence-electron chi connectivity index (χ2n) is 10.1. The number of carbonyl (C=O) groups excluding carboxylic acids is 1. The Kier molecular flexibility index (Phi) is 12.9. The standard InChI is InChI=1S/C30H37ClN4O4.ClH/c1-19(2)26(16-28(36)37)34-30(38)22-14-24(29(33-18-22)23-9-6-5-8-21(23)17-32)20-10-11-25(31)27(15-20)39-13-7-12-35(3)4;/h5-6,8-11,14-15,18-19,26H,7,12-13,16-17,32H2,1-4H3,(H,34,38)(H,36,37);1H. The molecule has 1 unspecified atom stereocenters. The quantitative estimate of drug-likeness (QED) is 0.225. The number of carboxylic acids is 1. The maximum Gasteiger partial charge on any atom is 0.305 e. The molecule has 216 valence electrons. The van der Waals surface area contributed by atoms with Gasteiger partial charge in [0.25, 0.3) is 5.91 Å². The van der Waals surface area contributed by atoms with E-state index in [2.05, 4.69) is 10.2 Å². The van der Waals surface area contributed by atoms with Crippen molar-refractivity contribution in [1.29, 1.82) is 0 Å². The Morgan fingerprint density at radius 2 is 1.85 bits per heavy atom. The van der Waals surface area contributed by atoms with Crippen LogP contribution in [-0.4, -0.2) is 60.2 Å². The second-order valence-corrected chi connectivity index (χ2v) is 10.5. The minimum atomic E-state index is -0.971. The molecule has 0 spiro atoms. The van der Waals surface area contributed by atoms with Gasteiger partial charge in [-0.15, -0.1) is 12.4 Å². The maximum absolute atomic E-state index is 13.2. The van der Waals surface area contributed by atoms with Gasteiger partial charge in [0, 0.05) is 36.5 Å². The molecule has 1 atom stereocenters. The minimum absolute atomic E-state index is 0. The number of carbonyl (C=O) groups is 2. The van der Waals surface area contributed by atoms with E-state index in [0.717, 1.165) is 29.7 Å². The molecule has 0 saturated carbocycles. The van der Waals surface area contributed by atoms with E-state index in [1.807, 2.05) is 64.3 Å². The van der Waals surface area contributed by atoms with Crippen molar-refractivity contribution in [2.45, 2.75) is 39.3 Å². The lowest BCUT2D eigenvalue weighted by Crippen LogP contribution is -2.40. The molecule has 1 heterocycles. The Balaban J connectivity index is 0.00000560. The number of nitrogens with two attached hydrogens (primary N) is 1. The van der Waals surface area contributed by atoms with Crippen LogP contribution in [0.15, 0.2) is 54.7 Å². The van der Waals surface area contributed by atoms with Gasteiger partial charge < -0.3 is 25.8 Å². The van der Waals surface area contributed by atoms with E-state index in [0.29, 0.717) is 40.7 Å². The number of benzene rings is 2. The number of nitrogens with zero attached hydrogens (tertiary/aromatic N) is 2. The molecule has 8 nitrogen and oxygen atoms in total. The van der Waals surface area contributed by atoms with E-state index < -0.39 is 17.9 Å². The average Bonchev–Trinajstić information content (AvgIpc) is 2.90. The van der Waals surface area contributed by atoms with Gasteiger partial charge >= 0.3 is 5.97 Å². The van der Waals surface area contributed by atoms with E-state index in [1.54, 1.807) is 12.1 Å². The first kappa shape index (κ1) is 33.0. The van der Waals surface area contributed by atoms with Gasteiger partial charge in [0.05, 0.1) is 29.3 Å². The Labute approximate surface area is 247 Å². The third kappa shape index (κ3) is 8.93. The summed E-state index contributed by atoms with van der Waals surface area (Å²) < 4.78 is 6.00. The Morgan fingerprint density at radius 3 is 2.50 bits per heavy atom. The van der Waals surface area contributed by atoms with Gasteiger partial charge in [-0.1, -0.05) is 55.8 Å². The fourth-order valence-electron chi connectivity index (χ4n) is 4.19. The van der Waals surface area contributed by atoms with Crippen molar-refractivity contribution < 1.29 is 19.4 Å². The topological polar surface area (TPSA) is 118 Å². The number of hydrogen-bond donors (Lipinski definition) is 3. The summed E-state index contributed by atoms with van der Waals surface area (Å²) in [6.45, 7) is 5.46. The second kappa shape index (κ2) is 15.6. The highest BCUT2D eigenvalue weighted by Crippen LogP contribution is 2.37. The zero-order chi connectivity index (χ0) is 28.5. The number of aliphatic carboxylic acids is 1. The van der Waals surface area contributed by atoms with Crippen LogP contribution in [0.4, 0.5) is 0 Å². The van der Waals surface area contributed by atoms with Gasteiger partial charge in [0.2, 0.25) is 0 Å². The third-order valence-electron chi connectivity index (χ3n) is 6.41. The first-order chi connectivity index (χ1) is 18.6. The molecule has 3 rings (SSSR count). The van der Waals surface area contributed by atoms with Crippen LogP contribution in [-0.2, 0) is 11.3 Å². The van der Waals surface area contributed by atoms with Crippen molar-refractivity contribution >= 4 is 35.9 Å². The van der Waals surface area contributed by atoms with Gasteiger partial charge in [0.1, 0.15) is 5.75 Å². The lowest BCUT2D eigenvalue weighted by molar-refractivity contribution is -0.137. The summed E-state index contributed by atoms with van der Waals surface area (Å²) in [6, 6.07) is 14.5. The zero-order valence-corrected chi connectivity index (χ0v) is 24.9. The van der Waals surface area contributed by atoms with E-state index in [4.69, 9.17) is 27.1 Å². The molecule has 0 aliphatic carbocycles. The van der Waals surface area contributed by atoms with Gasteiger partial charge in [-0.3, -0.25) is 14.6 Å². The molecule has 0 aliphatic heterocycles. The predicted molar refractivity (Wildman–Crippen MR) is 162 cm³/mol. The van der Waals surface area contributed by atoms with Crippen LogP contribution in [0.2, 0.25) is 5.02 Å². The van der Waals surface area contributed by atoms with Crippen LogP contribution >= 0.6 is 24.0 Å². The summed E-state index contributed by atoms with van der Waals surface area (Å²) in [4.78, 5) is 31.3. The molecular weight excluding hydrogens is 551 g/mol. The third-order valence-corrected chi connectivity index (χ3v) is 6.72. The number of rotatable bonds is 13. The van der Waals surface area contributed by atoms with Crippen LogP contribution in [0, 0.1) is 5.92 Å². The minimum Gasteiger partial charge on any atom is -0.492 e. The molecular formula is C30H38Cl2N4O4. The Hall–Kier alpha value is -3.17. The molecule has 1 amide bonds. The van der Waals surface area contributed by atoms with Crippen molar-refractivity contribution in [3.8, 4) is 28.1 Å². The highest BCUT2D eigenvalue weighted by atomic mass is 35.5. The van der Waals surface area contributed by atoms with Gasteiger partial charge in [-0.25, -0.2) is 0 Å². The van der Waals surface area contributed by atoms with Crippen LogP contribution in [0.25, 0.3) is 22.4 Å². The SMILES string of the molecule is CC(C)C(CC(=O)O)NC(=O)c1cnc(-c2ccccc2CN)c(-c2ccc(Cl)c(OCCCN(C)C)c2)c1.Cl. The predicted octanol–water partition coefficient (Wildman–Crippen LogP) is 5.51. The van der Waals surface area contributed by atoms with Crippen molar-refractivity contribution in [2.24, 2.45) is 11.7 Å². The lowest BCUT2D eigenvalue weighted by Gasteiger charge is -2.21. The van der Waals surface area contributed by atoms with Crippen LogP contribution in [0.3, 0.4) is 0 Å². The van der Waals surface area contributed by atoms with Crippen molar-refractivity contribution in [1.82, 2.24) is 15.2 Å². The molecule has 0 saturated heterocycles. The molecule has 0 radical (unpaired) electrons. The normalized spacial score (nSPS) is 11.7. The van der Waals surface area contributed by atoms with Crippen molar-refractivity contribution in [2.75, 3.05) is 27.2 Å². The van der Waals surface area contributed by atoms with E-state index >= 15 is 0 Å². The van der Waals surface area contributed by atoms with E-state index in [1.165, 1.54) is 6.20 Å². The average molecular weight is 590 g/mol. The monoisotopic (exact) mass is 588 g/mol. The molecule has 10 heteroatoms. The Bertz CT molecular complexity index is 1300. The molecule has 4 N–H and O–H groups in total. The molecule has 40 heavy (non-hydrogen) atoms. The summed E-state index contributed by atoms with van der Waals surface area (Å²) in [6.07, 6.45) is 2.18. The number of aromatic nitrogens is 1. The van der Waals surface area contributed by atoms with Crippen molar-refractivity contribution in [3.63, 3.8) is 0 Å². The van der Waals surface area contributed by atoms with E-state index in [-0.39, 0.29) is 24.7 Å². The smallest absolute Gasteiger partial charge is 0.305 e. The van der Waals surface area contributed by atoms with E-state index in [9.17, 15) is 14.7 Å². The largest absolute Gasteiger partial charge is 0.492 e. The fraction of sp³-hybridized carbons (Fsp3) is 0.367. The zero-order valence-electron chi connectivity index (χ0n) is 23.3. The molecule has 0 aliphatic rings. The fourth-order valence-corrected chi connectivity index (χ4v) is 4.36. The summed E-state index contributed by atoms with van der Waals surface area (Å²) >= 11 is 6.46. The van der Waals surface area contributed by atoms with Crippen molar-refractivity contribution in [3.05, 3.63) is 70.9 Å². The number of hydrogen-bond acceptors (Lipinski definition) is 6. The highest BCUT2D eigenvalue weighted by molar-refractivity contribution is 6.32. The van der Waals surface area contributed by atoms with Crippen LogP contribution in [0.1, 0.15) is 42.6 Å².